The van der Waals surface area contributed by atoms with Crippen molar-refractivity contribution in [3.05, 3.63) is 40.7 Å². The third-order valence-electron chi connectivity index (χ3n) is 5.95. The predicted molar refractivity (Wildman–Crippen MR) is 115 cm³/mol. The first-order valence-electron chi connectivity index (χ1n) is 10.8. The minimum atomic E-state index is -0.650. The van der Waals surface area contributed by atoms with Gasteiger partial charge >= 0.3 is 12.1 Å². The number of nitrogens with one attached hydrogen (secondary N) is 1. The third-order valence-corrected chi connectivity index (χ3v) is 5.95. The molecule has 2 aliphatic rings. The van der Waals surface area contributed by atoms with Crippen LogP contribution in [0.15, 0.2) is 12.4 Å². The second-order valence-electron chi connectivity index (χ2n) is 9.36. The molecule has 2 aromatic heterocycles. The number of carbonyl (C=O) groups excluding carboxylic acids is 3. The van der Waals surface area contributed by atoms with Gasteiger partial charge < -0.3 is 19.3 Å². The number of fused-ring (bicyclic) bond motifs is 1. The van der Waals surface area contributed by atoms with Crippen LogP contribution in [0.2, 0.25) is 0 Å². The van der Waals surface area contributed by atoms with E-state index in [0.717, 1.165) is 5.69 Å². The molecular formula is C22H28N6O5. The van der Waals surface area contributed by atoms with Crippen LogP contribution in [0.4, 0.5) is 4.79 Å². The fourth-order valence-electron chi connectivity index (χ4n) is 3.93. The number of rotatable bonds is 4. The Balaban J connectivity index is 1.53. The highest BCUT2D eigenvalue weighted by atomic mass is 16.6. The van der Waals surface area contributed by atoms with Crippen LogP contribution in [0.1, 0.15) is 71.5 Å². The van der Waals surface area contributed by atoms with Gasteiger partial charge in [-0.2, -0.15) is 5.10 Å². The molecule has 1 fully saturated rings. The van der Waals surface area contributed by atoms with Gasteiger partial charge in [-0.25, -0.2) is 19.6 Å². The van der Waals surface area contributed by atoms with Crippen molar-refractivity contribution in [2.24, 2.45) is 0 Å². The minimum absolute atomic E-state index is 0.243. The normalized spacial score (nSPS) is 16.6. The molecule has 1 aliphatic carbocycles. The van der Waals surface area contributed by atoms with Crippen molar-refractivity contribution in [3.8, 4) is 0 Å². The van der Waals surface area contributed by atoms with Gasteiger partial charge in [-0.15, -0.1) is 0 Å². The van der Waals surface area contributed by atoms with Gasteiger partial charge in [-0.3, -0.25) is 9.89 Å². The summed E-state index contributed by atoms with van der Waals surface area (Å²) in [6.45, 7) is 6.16. The zero-order valence-electron chi connectivity index (χ0n) is 19.5. The molecule has 0 saturated heterocycles. The maximum atomic E-state index is 13.5. The Bertz CT molecular complexity index is 1080. The van der Waals surface area contributed by atoms with E-state index >= 15 is 0 Å². The number of carbonyl (C=O) groups is 3. The van der Waals surface area contributed by atoms with Crippen LogP contribution in [0.25, 0.3) is 0 Å². The lowest BCUT2D eigenvalue weighted by Crippen LogP contribution is -2.41. The standard InChI is InChI=1S/C22H28N6O5/c1-21(2,3)33-20(31)28-9-6-15-14(12-28)16(26-25-15)17(29)27(4)22(7-8-22)19-23-10-13(11-24-19)18(30)32-5/h10-11H,6-9,12H2,1-5H3,(H,25,26). The van der Waals surface area contributed by atoms with Crippen LogP contribution in [-0.4, -0.2) is 74.2 Å². The summed E-state index contributed by atoms with van der Waals surface area (Å²) < 4.78 is 10.2. The molecule has 1 N–H and O–H groups in total. The van der Waals surface area contributed by atoms with E-state index in [-0.39, 0.29) is 18.0 Å². The van der Waals surface area contributed by atoms with Gasteiger partial charge in [0.1, 0.15) is 16.8 Å². The first-order chi connectivity index (χ1) is 15.6. The minimum Gasteiger partial charge on any atom is -0.465 e. The van der Waals surface area contributed by atoms with E-state index in [1.54, 1.807) is 16.8 Å². The fraction of sp³-hybridized carbons (Fsp3) is 0.545. The molecule has 0 unspecified atom stereocenters. The summed E-state index contributed by atoms with van der Waals surface area (Å²) in [5, 5.41) is 7.18. The van der Waals surface area contributed by atoms with Crippen molar-refractivity contribution < 1.29 is 23.9 Å². The Kier molecular flexibility index (Phi) is 5.59. The summed E-state index contributed by atoms with van der Waals surface area (Å²) in [6, 6.07) is 0. The molecule has 11 nitrogen and oxygen atoms in total. The predicted octanol–water partition coefficient (Wildman–Crippen LogP) is 2.04. The Morgan fingerprint density at radius 2 is 1.85 bits per heavy atom. The van der Waals surface area contributed by atoms with Crippen LogP contribution < -0.4 is 0 Å². The van der Waals surface area contributed by atoms with Crippen LogP contribution in [0.5, 0.6) is 0 Å². The Morgan fingerprint density at radius 1 is 1.18 bits per heavy atom. The molecule has 0 radical (unpaired) electrons. The van der Waals surface area contributed by atoms with E-state index in [1.165, 1.54) is 19.5 Å². The van der Waals surface area contributed by atoms with E-state index in [2.05, 4.69) is 24.9 Å². The largest absolute Gasteiger partial charge is 0.465 e. The van der Waals surface area contributed by atoms with Gasteiger partial charge in [0.2, 0.25) is 0 Å². The molecule has 2 amide bonds. The highest BCUT2D eigenvalue weighted by Crippen LogP contribution is 2.49. The van der Waals surface area contributed by atoms with E-state index in [4.69, 9.17) is 4.74 Å². The average molecular weight is 457 g/mol. The number of aromatic nitrogens is 4. The SMILES string of the molecule is COC(=O)c1cnc(C2(N(C)C(=O)c3[nH]nc4c3CN(C(=O)OC(C)(C)C)CC4)CC2)nc1. The monoisotopic (exact) mass is 456 g/mol. The number of hydrogen-bond acceptors (Lipinski definition) is 8. The van der Waals surface area contributed by atoms with Gasteiger partial charge in [-0.1, -0.05) is 0 Å². The molecule has 176 valence electrons. The zero-order chi connectivity index (χ0) is 24.0. The maximum Gasteiger partial charge on any atom is 0.410 e. The Labute approximate surface area is 191 Å². The van der Waals surface area contributed by atoms with E-state index < -0.39 is 23.2 Å². The van der Waals surface area contributed by atoms with E-state index in [1.807, 2.05) is 20.8 Å². The number of hydrogen-bond donors (Lipinski definition) is 1. The average Bonchev–Trinajstić information content (AvgIpc) is 3.49. The molecule has 0 bridgehead atoms. The lowest BCUT2D eigenvalue weighted by atomic mass is 10.0. The Morgan fingerprint density at radius 3 is 2.42 bits per heavy atom. The number of methoxy groups -OCH3 is 1. The molecule has 1 saturated carbocycles. The van der Waals surface area contributed by atoms with Gasteiger partial charge in [0.15, 0.2) is 5.82 Å². The van der Waals surface area contributed by atoms with Gasteiger partial charge in [0, 0.05) is 38.0 Å². The van der Waals surface area contributed by atoms with Crippen molar-refractivity contribution in [1.82, 2.24) is 30.0 Å². The zero-order valence-corrected chi connectivity index (χ0v) is 19.5. The molecular weight excluding hydrogens is 428 g/mol. The molecule has 4 rings (SSSR count). The number of nitrogens with zero attached hydrogens (tertiary/aromatic N) is 5. The van der Waals surface area contributed by atoms with Crippen molar-refractivity contribution in [1.29, 1.82) is 0 Å². The second-order valence-corrected chi connectivity index (χ2v) is 9.36. The summed E-state index contributed by atoms with van der Waals surface area (Å²) in [4.78, 5) is 49.5. The van der Waals surface area contributed by atoms with Crippen LogP contribution in [-0.2, 0) is 28.0 Å². The van der Waals surface area contributed by atoms with Crippen LogP contribution in [0, 0.1) is 0 Å². The number of esters is 1. The van der Waals surface area contributed by atoms with Gasteiger partial charge in [0.05, 0.1) is 24.9 Å². The van der Waals surface area contributed by atoms with E-state index in [9.17, 15) is 14.4 Å². The molecule has 2 aromatic rings. The quantitative estimate of drug-likeness (QED) is 0.692. The number of amides is 2. The molecule has 0 spiro atoms. The molecule has 0 atom stereocenters. The summed E-state index contributed by atoms with van der Waals surface area (Å²) in [5.74, 6) is -0.308. The number of H-pyrrole nitrogens is 1. The molecule has 1 aliphatic heterocycles. The first kappa shape index (κ1) is 22.7. The smallest absolute Gasteiger partial charge is 0.410 e. The summed E-state index contributed by atoms with van der Waals surface area (Å²) >= 11 is 0. The topological polar surface area (TPSA) is 131 Å². The molecule has 11 heteroatoms. The lowest BCUT2D eigenvalue weighted by Gasteiger charge is -2.30. The first-order valence-corrected chi connectivity index (χ1v) is 10.8. The van der Waals surface area contributed by atoms with E-state index in [0.29, 0.717) is 42.9 Å². The summed E-state index contributed by atoms with van der Waals surface area (Å²) in [7, 11) is 2.99. The number of ether oxygens (including phenoxy) is 2. The summed E-state index contributed by atoms with van der Waals surface area (Å²) in [6.07, 6.45) is 4.33. The van der Waals surface area contributed by atoms with Crippen LogP contribution >= 0.6 is 0 Å². The van der Waals surface area contributed by atoms with Crippen molar-refractivity contribution in [2.45, 2.75) is 57.7 Å². The highest BCUT2D eigenvalue weighted by Gasteiger charge is 2.53. The fourth-order valence-corrected chi connectivity index (χ4v) is 3.93. The highest BCUT2D eigenvalue weighted by molar-refractivity contribution is 5.95. The molecule has 33 heavy (non-hydrogen) atoms. The molecule has 3 heterocycles. The van der Waals surface area contributed by atoms with Crippen molar-refractivity contribution in [2.75, 3.05) is 20.7 Å². The third kappa shape index (κ3) is 4.27. The number of aromatic amines is 1. The Hall–Kier alpha value is -3.50. The van der Waals surface area contributed by atoms with Gasteiger partial charge in [0.25, 0.3) is 5.91 Å². The van der Waals surface area contributed by atoms with Crippen molar-refractivity contribution in [3.63, 3.8) is 0 Å². The summed E-state index contributed by atoms with van der Waals surface area (Å²) in [5.41, 5.74) is 0.809. The second kappa shape index (κ2) is 8.13. The van der Waals surface area contributed by atoms with Crippen molar-refractivity contribution >= 4 is 18.0 Å². The van der Waals surface area contributed by atoms with Crippen LogP contribution in [0.3, 0.4) is 0 Å². The molecule has 0 aromatic carbocycles. The van der Waals surface area contributed by atoms with Gasteiger partial charge in [-0.05, 0) is 33.6 Å². The lowest BCUT2D eigenvalue weighted by molar-refractivity contribution is 0.0221. The maximum absolute atomic E-state index is 13.5.